The molecule has 0 aliphatic carbocycles. The van der Waals surface area contributed by atoms with Gasteiger partial charge in [-0.1, -0.05) is 45.3 Å². The van der Waals surface area contributed by atoms with Crippen molar-refractivity contribution in [2.75, 3.05) is 30.3 Å². The van der Waals surface area contributed by atoms with Crippen LogP contribution in [0, 0.1) is 0 Å². The SMILES string of the molecule is [N-]=[N+]=Nc1cccc(C(=O)NC(CCCCNC(=O)CCCCC2SCC3NC(=O)NC32)C(=O)NCCSSCCC(=O)ON2C(=O)CC(S(=O)(=O)[O-])C2=O)c1.[Na+]. The molecule has 3 saturated heterocycles. The molecule has 0 saturated carbocycles. The minimum Gasteiger partial charge on any atom is -0.747 e. The maximum absolute atomic E-state index is 13.2. The summed E-state index contributed by atoms with van der Waals surface area (Å²) in [5, 5.41) is 16.0. The molecule has 0 aromatic heterocycles. The van der Waals surface area contributed by atoms with Crippen molar-refractivity contribution in [3.05, 3.63) is 40.3 Å². The van der Waals surface area contributed by atoms with Gasteiger partial charge in [0.25, 0.3) is 17.7 Å². The molecule has 5 unspecified atom stereocenters. The summed E-state index contributed by atoms with van der Waals surface area (Å²) in [4.78, 5) is 93.4. The molecule has 4 rings (SSSR count). The van der Waals surface area contributed by atoms with Crippen molar-refractivity contribution in [1.82, 2.24) is 31.6 Å². The van der Waals surface area contributed by atoms with E-state index in [4.69, 9.17) is 5.53 Å². The molecule has 3 aliphatic heterocycles. The molecular formula is C32H42N9NaO11S4. The molecule has 0 radical (unpaired) electrons. The molecule has 1 aromatic carbocycles. The number of carbonyl (C=O) groups is 7. The molecule has 306 valence electrons. The Hall–Kier alpha value is -3.22. The Morgan fingerprint density at radius 3 is 2.56 bits per heavy atom. The summed E-state index contributed by atoms with van der Waals surface area (Å²) in [6.45, 7) is 0.591. The van der Waals surface area contributed by atoms with Crippen LogP contribution in [0.5, 0.6) is 0 Å². The van der Waals surface area contributed by atoms with E-state index in [0.717, 1.165) is 25.0 Å². The van der Waals surface area contributed by atoms with E-state index in [0.29, 0.717) is 36.8 Å². The zero-order valence-corrected chi connectivity index (χ0v) is 36.3. The van der Waals surface area contributed by atoms with Gasteiger partial charge < -0.3 is 36.0 Å². The summed E-state index contributed by atoms with van der Waals surface area (Å²) < 4.78 is 33.4. The molecule has 1 aromatic rings. The molecule has 3 fully saturated rings. The maximum atomic E-state index is 13.2. The maximum Gasteiger partial charge on any atom is 1.00 e. The molecular weight excluding hydrogens is 838 g/mol. The van der Waals surface area contributed by atoms with Crippen molar-refractivity contribution < 1.29 is 80.9 Å². The normalized spacial score (nSPS) is 20.3. The first-order chi connectivity index (χ1) is 26.8. The van der Waals surface area contributed by atoms with E-state index in [9.17, 15) is 46.5 Å². The van der Waals surface area contributed by atoms with Gasteiger partial charge in [-0.05, 0) is 49.8 Å². The molecule has 25 heteroatoms. The minimum atomic E-state index is -5.08. The second kappa shape index (κ2) is 24.0. The molecule has 7 amide bonds. The Morgan fingerprint density at radius 1 is 1.05 bits per heavy atom. The number of hydrogen-bond acceptors (Lipinski definition) is 15. The number of amides is 7. The number of nitrogens with zero attached hydrogens (tertiary/aromatic N) is 4. The predicted octanol–water partition coefficient (Wildman–Crippen LogP) is -1.24. The first kappa shape index (κ1) is 48.2. The number of imide groups is 1. The summed E-state index contributed by atoms with van der Waals surface area (Å²) in [7, 11) is -2.56. The molecule has 3 aliphatic rings. The fourth-order valence-electron chi connectivity index (χ4n) is 5.97. The van der Waals surface area contributed by atoms with Crippen LogP contribution in [0.3, 0.4) is 0 Å². The van der Waals surface area contributed by atoms with Gasteiger partial charge in [0.2, 0.25) is 11.8 Å². The van der Waals surface area contributed by atoms with Crippen molar-refractivity contribution in [1.29, 1.82) is 0 Å². The van der Waals surface area contributed by atoms with Crippen molar-refractivity contribution in [2.45, 2.75) is 86.4 Å². The Balaban J connectivity index is 0.00000870. The van der Waals surface area contributed by atoms with E-state index >= 15 is 0 Å². The van der Waals surface area contributed by atoms with Gasteiger partial charge in [0.15, 0.2) is 0 Å². The van der Waals surface area contributed by atoms with Crippen LogP contribution in [0.25, 0.3) is 10.4 Å². The number of carbonyl (C=O) groups excluding carboxylic acids is 7. The van der Waals surface area contributed by atoms with Gasteiger partial charge in [-0.15, -0.1) is 5.06 Å². The third-order valence-electron chi connectivity index (χ3n) is 8.77. The van der Waals surface area contributed by atoms with Gasteiger partial charge in [-0.25, -0.2) is 18.0 Å². The molecule has 3 heterocycles. The summed E-state index contributed by atoms with van der Waals surface area (Å²) in [5.41, 5.74) is 9.16. The zero-order valence-electron chi connectivity index (χ0n) is 31.0. The Bertz CT molecular complexity index is 1810. The van der Waals surface area contributed by atoms with Crippen molar-refractivity contribution in [3.8, 4) is 0 Å². The number of fused-ring (bicyclic) bond motifs is 1. The second-order valence-corrected chi connectivity index (χ2v) is 18.4. The van der Waals surface area contributed by atoms with Gasteiger partial charge in [0.1, 0.15) is 21.4 Å². The van der Waals surface area contributed by atoms with Crippen LogP contribution in [0.4, 0.5) is 10.5 Å². The average Bonchev–Trinajstić information content (AvgIpc) is 3.80. The molecule has 0 bridgehead atoms. The van der Waals surface area contributed by atoms with Gasteiger partial charge in [-0.2, -0.15) is 11.8 Å². The first-order valence-corrected chi connectivity index (χ1v) is 22.7. The Labute approximate surface area is 363 Å². The smallest absolute Gasteiger partial charge is 0.747 e. The number of thioether (sulfide) groups is 1. The second-order valence-electron chi connectivity index (χ2n) is 12.8. The summed E-state index contributed by atoms with van der Waals surface area (Å²) in [6, 6.07) is 5.24. The van der Waals surface area contributed by atoms with Crippen LogP contribution in [0.15, 0.2) is 29.4 Å². The number of unbranched alkanes of at least 4 members (excludes halogenated alkanes) is 2. The standard InChI is InChI=1S/C32H43N9O11S4.Na/c33-40-39-20-7-5-6-19(16-20)29(45)36-21(8-3-4-12-34-25(42)10-2-1-9-23-28-22(18-53-23)37-32(48)38-28)30(46)35-13-15-55-54-14-11-27(44)52-41-26(43)17-24(31(41)47)56(49,50)51;/h5-7,16,21-24,28H,1-4,8-15,17-18H2,(H,34,42)(H,35,46)(H,36,45)(H2,37,38,48)(H,49,50,51);/q;+1/p-1. The van der Waals surface area contributed by atoms with Gasteiger partial charge in [0.05, 0.1) is 24.9 Å². The van der Waals surface area contributed by atoms with E-state index in [1.807, 2.05) is 11.8 Å². The molecule has 5 N–H and O–H groups in total. The monoisotopic (exact) mass is 879 g/mol. The quantitative estimate of drug-likeness (QED) is 0.00990. The number of benzene rings is 1. The number of hydroxylamine groups is 2. The van der Waals surface area contributed by atoms with E-state index in [2.05, 4.69) is 41.4 Å². The average molecular weight is 880 g/mol. The van der Waals surface area contributed by atoms with Crippen LogP contribution in [0.1, 0.15) is 68.1 Å². The van der Waals surface area contributed by atoms with Crippen LogP contribution in [-0.4, -0.2) is 119 Å². The predicted molar refractivity (Wildman–Crippen MR) is 206 cm³/mol. The molecule has 20 nitrogen and oxygen atoms in total. The van der Waals surface area contributed by atoms with Crippen LogP contribution >= 0.6 is 33.3 Å². The Morgan fingerprint density at radius 2 is 1.82 bits per heavy atom. The summed E-state index contributed by atoms with van der Waals surface area (Å²) >= 11 is 1.84. The number of azide groups is 1. The molecule has 5 atom stereocenters. The van der Waals surface area contributed by atoms with Crippen molar-refractivity contribution in [3.63, 3.8) is 0 Å². The largest absolute Gasteiger partial charge is 1.00 e. The van der Waals surface area contributed by atoms with Crippen LogP contribution < -0.4 is 56.1 Å². The van der Waals surface area contributed by atoms with E-state index < -0.39 is 57.4 Å². The number of rotatable bonds is 23. The minimum absolute atomic E-state index is 0. The van der Waals surface area contributed by atoms with Crippen molar-refractivity contribution >= 4 is 90.7 Å². The van der Waals surface area contributed by atoms with E-state index in [1.54, 1.807) is 6.07 Å². The van der Waals surface area contributed by atoms with E-state index in [-0.39, 0.29) is 95.0 Å². The first-order valence-electron chi connectivity index (χ1n) is 17.7. The summed E-state index contributed by atoms with van der Waals surface area (Å²) in [5.74, 6) is -3.10. The van der Waals surface area contributed by atoms with Gasteiger partial charge in [0, 0.05) is 58.2 Å². The molecule has 57 heavy (non-hydrogen) atoms. The van der Waals surface area contributed by atoms with E-state index in [1.165, 1.54) is 39.8 Å². The van der Waals surface area contributed by atoms with Crippen LogP contribution in [-0.2, 0) is 38.9 Å². The van der Waals surface area contributed by atoms with Gasteiger partial charge >= 0.3 is 41.6 Å². The number of urea groups is 1. The fourth-order valence-corrected chi connectivity index (χ4v) is 10.1. The summed E-state index contributed by atoms with van der Waals surface area (Å²) in [6.07, 6.45) is 3.07. The number of hydrogen-bond donors (Lipinski definition) is 5. The topological polar surface area (TPSA) is 298 Å². The van der Waals surface area contributed by atoms with Crippen molar-refractivity contribution in [2.24, 2.45) is 5.11 Å². The number of nitrogens with one attached hydrogen (secondary N) is 5. The third-order valence-corrected chi connectivity index (χ3v) is 13.8. The molecule has 0 spiro atoms. The van der Waals surface area contributed by atoms with Crippen LogP contribution in [0.2, 0.25) is 0 Å². The van der Waals surface area contributed by atoms with Gasteiger partial charge in [-0.3, -0.25) is 24.0 Å². The zero-order chi connectivity index (χ0) is 40.7. The Kier molecular flexibility index (Phi) is 20.3. The fraction of sp³-hybridized carbons (Fsp3) is 0.594. The third kappa shape index (κ3) is 15.5.